The normalized spacial score (nSPS) is 13.4. The molecule has 20 heavy (non-hydrogen) atoms. The molecule has 2 N–H and O–H groups in total. The van der Waals surface area contributed by atoms with Crippen LogP contribution < -0.4 is 5.32 Å². The molecule has 0 aliphatic carbocycles. The summed E-state index contributed by atoms with van der Waals surface area (Å²) in [6, 6.07) is 0. The van der Waals surface area contributed by atoms with Crippen LogP contribution in [0.2, 0.25) is 0 Å². The predicted octanol–water partition coefficient (Wildman–Crippen LogP) is 3.28. The standard InChI is InChI=1S/C13H18F3N3O/c1-3-12(20-8-13(14,15)16)5-4-10(2)18-7-11-6-17-9-19-11/h4-6,9,18H,3,7-8H2,1-2H3,(H,17,19)/b10-4+,12-5+. The van der Waals surface area contributed by atoms with Crippen molar-refractivity contribution in [3.8, 4) is 0 Å². The Kier molecular flexibility index (Phi) is 6.14. The SMILES string of the molecule is CC/C(=C\C=C(/C)NCc1cnc[nH]1)OCC(F)(F)F. The molecule has 0 aliphatic rings. The van der Waals surface area contributed by atoms with Crippen LogP contribution in [0, 0.1) is 0 Å². The Bertz CT molecular complexity index is 450. The lowest BCUT2D eigenvalue weighted by Crippen LogP contribution is -2.16. The summed E-state index contributed by atoms with van der Waals surface area (Å²) in [7, 11) is 0. The number of allylic oxidation sites excluding steroid dienone is 4. The van der Waals surface area contributed by atoms with E-state index in [1.165, 1.54) is 0 Å². The summed E-state index contributed by atoms with van der Waals surface area (Å²) in [4.78, 5) is 6.82. The maximum Gasteiger partial charge on any atom is 0.422 e. The molecule has 0 radical (unpaired) electrons. The molecule has 0 amide bonds. The van der Waals surface area contributed by atoms with Crippen LogP contribution in [0.1, 0.15) is 26.0 Å². The predicted molar refractivity (Wildman–Crippen MR) is 69.6 cm³/mol. The number of hydrogen-bond donors (Lipinski definition) is 2. The first-order valence-corrected chi connectivity index (χ1v) is 6.19. The Hall–Kier alpha value is -1.92. The second kappa shape index (κ2) is 7.62. The highest BCUT2D eigenvalue weighted by atomic mass is 19.4. The van der Waals surface area contributed by atoms with E-state index in [1.54, 1.807) is 31.6 Å². The molecular formula is C13H18F3N3O. The van der Waals surface area contributed by atoms with Crippen LogP contribution in [0.25, 0.3) is 0 Å². The Labute approximate surface area is 115 Å². The molecular weight excluding hydrogens is 271 g/mol. The van der Waals surface area contributed by atoms with E-state index in [9.17, 15) is 13.2 Å². The van der Waals surface area contributed by atoms with Gasteiger partial charge in [0.25, 0.3) is 0 Å². The zero-order valence-corrected chi connectivity index (χ0v) is 11.4. The van der Waals surface area contributed by atoms with Crippen LogP contribution in [-0.2, 0) is 11.3 Å². The van der Waals surface area contributed by atoms with Crippen molar-refractivity contribution in [2.75, 3.05) is 6.61 Å². The molecule has 0 unspecified atom stereocenters. The van der Waals surface area contributed by atoms with Crippen molar-refractivity contribution in [2.24, 2.45) is 0 Å². The topological polar surface area (TPSA) is 49.9 Å². The number of halogens is 3. The van der Waals surface area contributed by atoms with Crippen molar-refractivity contribution in [1.29, 1.82) is 0 Å². The van der Waals surface area contributed by atoms with Gasteiger partial charge in [-0.2, -0.15) is 13.2 Å². The average Bonchev–Trinajstić information content (AvgIpc) is 2.88. The fourth-order valence-corrected chi connectivity index (χ4v) is 1.34. The minimum atomic E-state index is -4.31. The fourth-order valence-electron chi connectivity index (χ4n) is 1.34. The smallest absolute Gasteiger partial charge is 0.422 e. The number of alkyl halides is 3. The van der Waals surface area contributed by atoms with Gasteiger partial charge in [-0.15, -0.1) is 0 Å². The molecule has 4 nitrogen and oxygen atoms in total. The lowest BCUT2D eigenvalue weighted by atomic mass is 10.3. The van der Waals surface area contributed by atoms with Crippen LogP contribution >= 0.6 is 0 Å². The molecule has 0 bridgehead atoms. The lowest BCUT2D eigenvalue weighted by molar-refractivity contribution is -0.165. The van der Waals surface area contributed by atoms with Gasteiger partial charge in [0.15, 0.2) is 6.61 Å². The summed E-state index contributed by atoms with van der Waals surface area (Å²) in [6.45, 7) is 2.87. The number of hydrogen-bond acceptors (Lipinski definition) is 3. The maximum atomic E-state index is 12.0. The molecule has 1 aromatic heterocycles. The van der Waals surface area contributed by atoms with Crippen molar-refractivity contribution in [2.45, 2.75) is 33.0 Å². The highest BCUT2D eigenvalue weighted by Crippen LogP contribution is 2.17. The molecule has 0 aliphatic heterocycles. The van der Waals surface area contributed by atoms with Crippen molar-refractivity contribution in [3.05, 3.63) is 41.8 Å². The fraction of sp³-hybridized carbons (Fsp3) is 0.462. The number of ether oxygens (including phenoxy) is 1. The molecule has 0 saturated heterocycles. The van der Waals surface area contributed by atoms with E-state index in [2.05, 4.69) is 15.3 Å². The van der Waals surface area contributed by atoms with Gasteiger partial charge in [0, 0.05) is 18.3 Å². The molecule has 1 heterocycles. The highest BCUT2D eigenvalue weighted by Gasteiger charge is 2.28. The first kappa shape index (κ1) is 16.1. The van der Waals surface area contributed by atoms with E-state index in [-0.39, 0.29) is 0 Å². The van der Waals surface area contributed by atoms with Crippen molar-refractivity contribution < 1.29 is 17.9 Å². The van der Waals surface area contributed by atoms with Crippen LogP contribution in [0.4, 0.5) is 13.2 Å². The third kappa shape index (κ3) is 6.86. The Morgan fingerprint density at radius 1 is 1.45 bits per heavy atom. The second-order valence-corrected chi connectivity index (χ2v) is 4.17. The summed E-state index contributed by atoms with van der Waals surface area (Å²) in [6.07, 6.45) is 2.59. The third-order valence-electron chi connectivity index (χ3n) is 2.40. The third-order valence-corrected chi connectivity index (χ3v) is 2.40. The van der Waals surface area contributed by atoms with Gasteiger partial charge in [-0.05, 0) is 19.1 Å². The molecule has 1 aromatic rings. The van der Waals surface area contributed by atoms with Gasteiger partial charge >= 0.3 is 6.18 Å². The summed E-state index contributed by atoms with van der Waals surface area (Å²) in [5, 5.41) is 3.10. The average molecular weight is 289 g/mol. The number of nitrogens with zero attached hydrogens (tertiary/aromatic N) is 1. The van der Waals surface area contributed by atoms with E-state index >= 15 is 0 Å². The first-order chi connectivity index (χ1) is 9.40. The van der Waals surface area contributed by atoms with Crippen LogP contribution in [-0.4, -0.2) is 22.8 Å². The van der Waals surface area contributed by atoms with E-state index < -0.39 is 12.8 Å². The number of nitrogens with one attached hydrogen (secondary N) is 2. The van der Waals surface area contributed by atoms with E-state index in [0.717, 1.165) is 11.4 Å². The van der Waals surface area contributed by atoms with Gasteiger partial charge in [0.1, 0.15) is 0 Å². The van der Waals surface area contributed by atoms with Gasteiger partial charge in [-0.3, -0.25) is 0 Å². The molecule has 0 saturated carbocycles. The molecule has 0 atom stereocenters. The van der Waals surface area contributed by atoms with Gasteiger partial charge in [0.05, 0.1) is 24.3 Å². The van der Waals surface area contributed by atoms with Gasteiger partial charge in [0.2, 0.25) is 0 Å². The molecule has 1 rings (SSSR count). The Balaban J connectivity index is 2.46. The van der Waals surface area contributed by atoms with Gasteiger partial charge in [-0.25, -0.2) is 4.98 Å². The van der Waals surface area contributed by atoms with E-state index in [4.69, 9.17) is 4.74 Å². The minimum absolute atomic E-state index is 0.296. The number of aromatic nitrogens is 2. The minimum Gasteiger partial charge on any atom is -0.488 e. The largest absolute Gasteiger partial charge is 0.488 e. The second-order valence-electron chi connectivity index (χ2n) is 4.17. The van der Waals surface area contributed by atoms with Gasteiger partial charge in [-0.1, -0.05) is 6.92 Å². The lowest BCUT2D eigenvalue weighted by Gasteiger charge is -2.10. The van der Waals surface area contributed by atoms with Crippen LogP contribution in [0.5, 0.6) is 0 Å². The summed E-state index contributed by atoms with van der Waals surface area (Å²) >= 11 is 0. The van der Waals surface area contributed by atoms with Crippen LogP contribution in [0.3, 0.4) is 0 Å². The summed E-state index contributed by atoms with van der Waals surface area (Å²) in [5.74, 6) is 0.296. The monoisotopic (exact) mass is 289 g/mol. The Morgan fingerprint density at radius 2 is 2.20 bits per heavy atom. The zero-order valence-electron chi connectivity index (χ0n) is 11.4. The number of imidazole rings is 1. The van der Waals surface area contributed by atoms with E-state index in [1.807, 2.05) is 6.92 Å². The summed E-state index contributed by atoms with van der Waals surface area (Å²) < 4.78 is 40.8. The van der Waals surface area contributed by atoms with Crippen LogP contribution in [0.15, 0.2) is 36.1 Å². The van der Waals surface area contributed by atoms with Gasteiger partial charge < -0.3 is 15.0 Å². The molecule has 0 aromatic carbocycles. The Morgan fingerprint density at radius 3 is 2.75 bits per heavy atom. The quantitative estimate of drug-likeness (QED) is 0.598. The van der Waals surface area contributed by atoms with Crippen molar-refractivity contribution in [1.82, 2.24) is 15.3 Å². The molecule has 0 fully saturated rings. The molecule has 7 heteroatoms. The molecule has 112 valence electrons. The summed E-state index contributed by atoms with van der Waals surface area (Å²) in [5.41, 5.74) is 1.74. The van der Waals surface area contributed by atoms with Crippen molar-refractivity contribution in [3.63, 3.8) is 0 Å². The first-order valence-electron chi connectivity index (χ1n) is 6.19. The molecule has 0 spiro atoms. The van der Waals surface area contributed by atoms with E-state index in [0.29, 0.717) is 18.7 Å². The van der Waals surface area contributed by atoms with Crippen molar-refractivity contribution >= 4 is 0 Å². The highest BCUT2D eigenvalue weighted by molar-refractivity contribution is 5.13. The number of H-pyrrole nitrogens is 1. The number of rotatable bonds is 7. The zero-order chi connectivity index (χ0) is 15.0. The maximum absolute atomic E-state index is 12.0. The number of aromatic amines is 1.